The zero-order valence-corrected chi connectivity index (χ0v) is 16.2. The molecule has 6 nitrogen and oxygen atoms in total. The lowest BCUT2D eigenvalue weighted by molar-refractivity contribution is -0.122. The number of anilines is 2. The van der Waals surface area contributed by atoms with Gasteiger partial charge in [0.25, 0.3) is 0 Å². The van der Waals surface area contributed by atoms with Crippen LogP contribution in [0, 0.1) is 12.8 Å². The second-order valence-corrected chi connectivity index (χ2v) is 6.75. The smallest absolute Gasteiger partial charge is 0.229 e. The quantitative estimate of drug-likeness (QED) is 0.848. The molecule has 2 aromatic carbocycles. The molecule has 1 saturated heterocycles. The third kappa shape index (κ3) is 3.85. The summed E-state index contributed by atoms with van der Waals surface area (Å²) in [6.45, 7) is 2.17. The summed E-state index contributed by atoms with van der Waals surface area (Å²) >= 11 is 6.16. The minimum atomic E-state index is -0.456. The standard InChI is InChI=1S/C20H21ClN2O4/c1-12-15(21)5-4-6-17(12)23-11-13(9-19(23)24)20(25)22-16-8-7-14(26-2)10-18(16)27-3/h4-8,10,13H,9,11H2,1-3H3,(H,22,25)/t13-/m0/s1. The number of hydrogen-bond donors (Lipinski definition) is 1. The Kier molecular flexibility index (Phi) is 5.56. The van der Waals surface area contributed by atoms with Gasteiger partial charge in [-0.1, -0.05) is 17.7 Å². The van der Waals surface area contributed by atoms with Crippen LogP contribution < -0.4 is 19.7 Å². The lowest BCUT2D eigenvalue weighted by Gasteiger charge is -2.20. The lowest BCUT2D eigenvalue weighted by Crippen LogP contribution is -2.28. The van der Waals surface area contributed by atoms with Crippen molar-refractivity contribution in [3.63, 3.8) is 0 Å². The maximum atomic E-state index is 12.7. The number of benzene rings is 2. The number of hydrogen-bond acceptors (Lipinski definition) is 4. The molecule has 1 atom stereocenters. The fourth-order valence-electron chi connectivity index (χ4n) is 3.14. The highest BCUT2D eigenvalue weighted by atomic mass is 35.5. The number of carbonyl (C=O) groups is 2. The van der Waals surface area contributed by atoms with Crippen LogP contribution in [-0.2, 0) is 9.59 Å². The molecule has 142 valence electrons. The molecule has 0 spiro atoms. The fourth-order valence-corrected chi connectivity index (χ4v) is 3.31. The first kappa shape index (κ1) is 19.0. The molecular weight excluding hydrogens is 368 g/mol. The SMILES string of the molecule is COc1ccc(NC(=O)[C@H]2CC(=O)N(c3cccc(Cl)c3C)C2)c(OC)c1. The third-order valence-corrected chi connectivity index (χ3v) is 5.10. The lowest BCUT2D eigenvalue weighted by atomic mass is 10.1. The predicted octanol–water partition coefficient (Wildman–Crippen LogP) is 3.66. The molecule has 0 aromatic heterocycles. The molecule has 1 aliphatic heterocycles. The molecule has 0 aliphatic carbocycles. The molecule has 7 heteroatoms. The second-order valence-electron chi connectivity index (χ2n) is 6.34. The zero-order chi connectivity index (χ0) is 19.6. The van der Waals surface area contributed by atoms with Crippen molar-refractivity contribution in [1.82, 2.24) is 0 Å². The number of methoxy groups -OCH3 is 2. The van der Waals surface area contributed by atoms with Gasteiger partial charge in [0.1, 0.15) is 11.5 Å². The van der Waals surface area contributed by atoms with E-state index in [0.717, 1.165) is 11.3 Å². The van der Waals surface area contributed by atoms with Crippen LogP contribution in [0.4, 0.5) is 11.4 Å². The van der Waals surface area contributed by atoms with Gasteiger partial charge in [0.15, 0.2) is 0 Å². The highest BCUT2D eigenvalue weighted by molar-refractivity contribution is 6.31. The Hall–Kier alpha value is -2.73. The van der Waals surface area contributed by atoms with Crippen molar-refractivity contribution in [3.05, 3.63) is 47.0 Å². The summed E-state index contributed by atoms with van der Waals surface area (Å²) in [6, 6.07) is 10.6. The van der Waals surface area contributed by atoms with Gasteiger partial charge in [-0.15, -0.1) is 0 Å². The summed E-state index contributed by atoms with van der Waals surface area (Å²) in [5, 5.41) is 3.44. The van der Waals surface area contributed by atoms with Gasteiger partial charge >= 0.3 is 0 Å². The average molecular weight is 389 g/mol. The van der Waals surface area contributed by atoms with Gasteiger partial charge in [0.05, 0.1) is 25.8 Å². The molecule has 1 heterocycles. The Morgan fingerprint density at radius 3 is 2.70 bits per heavy atom. The minimum Gasteiger partial charge on any atom is -0.497 e. The van der Waals surface area contributed by atoms with Gasteiger partial charge in [0, 0.05) is 29.7 Å². The first-order valence-electron chi connectivity index (χ1n) is 8.53. The maximum Gasteiger partial charge on any atom is 0.229 e. The Balaban J connectivity index is 1.76. The van der Waals surface area contributed by atoms with Crippen LogP contribution in [0.25, 0.3) is 0 Å². The molecule has 0 bridgehead atoms. The van der Waals surface area contributed by atoms with E-state index in [1.54, 1.807) is 42.3 Å². The van der Waals surface area contributed by atoms with Crippen molar-refractivity contribution < 1.29 is 19.1 Å². The summed E-state index contributed by atoms with van der Waals surface area (Å²) in [5.74, 6) is 0.344. The van der Waals surface area contributed by atoms with E-state index >= 15 is 0 Å². The van der Waals surface area contributed by atoms with Crippen molar-refractivity contribution in [2.45, 2.75) is 13.3 Å². The van der Waals surface area contributed by atoms with Gasteiger partial charge in [-0.3, -0.25) is 9.59 Å². The Morgan fingerprint density at radius 2 is 2.00 bits per heavy atom. The van der Waals surface area contributed by atoms with Crippen molar-refractivity contribution in [3.8, 4) is 11.5 Å². The molecule has 1 aliphatic rings. The van der Waals surface area contributed by atoms with Crippen molar-refractivity contribution >= 4 is 34.8 Å². The van der Waals surface area contributed by atoms with Crippen LogP contribution in [0.15, 0.2) is 36.4 Å². The van der Waals surface area contributed by atoms with Gasteiger partial charge < -0.3 is 19.7 Å². The van der Waals surface area contributed by atoms with Crippen LogP contribution in [-0.4, -0.2) is 32.6 Å². The summed E-state index contributed by atoms with van der Waals surface area (Å²) in [5.41, 5.74) is 2.10. The largest absolute Gasteiger partial charge is 0.497 e. The van der Waals surface area contributed by atoms with Crippen LogP contribution in [0.5, 0.6) is 11.5 Å². The molecule has 0 saturated carbocycles. The van der Waals surface area contributed by atoms with Crippen molar-refractivity contribution in [1.29, 1.82) is 0 Å². The molecule has 1 N–H and O–H groups in total. The van der Waals surface area contributed by atoms with Crippen molar-refractivity contribution in [2.75, 3.05) is 31.0 Å². The van der Waals surface area contributed by atoms with E-state index in [1.807, 2.05) is 13.0 Å². The maximum absolute atomic E-state index is 12.7. The van der Waals surface area contributed by atoms with E-state index in [2.05, 4.69) is 5.32 Å². The summed E-state index contributed by atoms with van der Waals surface area (Å²) in [6.07, 6.45) is 0.149. The third-order valence-electron chi connectivity index (χ3n) is 4.69. The van der Waals surface area contributed by atoms with E-state index in [1.165, 1.54) is 7.11 Å². The Labute approximate surface area is 163 Å². The van der Waals surface area contributed by atoms with E-state index in [4.69, 9.17) is 21.1 Å². The molecule has 27 heavy (non-hydrogen) atoms. The molecule has 3 rings (SSSR count). The van der Waals surface area contributed by atoms with Gasteiger partial charge in [0.2, 0.25) is 11.8 Å². The highest BCUT2D eigenvalue weighted by Crippen LogP contribution is 2.33. The number of ether oxygens (including phenoxy) is 2. The average Bonchev–Trinajstić information content (AvgIpc) is 3.06. The molecule has 2 amide bonds. The topological polar surface area (TPSA) is 67.9 Å². The molecule has 0 unspecified atom stereocenters. The van der Waals surface area contributed by atoms with Crippen LogP contribution in [0.2, 0.25) is 5.02 Å². The number of nitrogens with one attached hydrogen (secondary N) is 1. The minimum absolute atomic E-state index is 0.0952. The van der Waals surface area contributed by atoms with Gasteiger partial charge in [-0.2, -0.15) is 0 Å². The van der Waals surface area contributed by atoms with Crippen LogP contribution in [0.1, 0.15) is 12.0 Å². The molecule has 1 fully saturated rings. The summed E-state index contributed by atoms with van der Waals surface area (Å²) in [4.78, 5) is 26.8. The van der Waals surface area contributed by atoms with Crippen molar-refractivity contribution in [2.24, 2.45) is 5.92 Å². The number of rotatable bonds is 5. The second kappa shape index (κ2) is 7.88. The van der Waals surface area contributed by atoms with E-state index in [9.17, 15) is 9.59 Å². The van der Waals surface area contributed by atoms with E-state index < -0.39 is 5.92 Å². The summed E-state index contributed by atoms with van der Waals surface area (Å²) in [7, 11) is 3.08. The monoisotopic (exact) mass is 388 g/mol. The first-order chi connectivity index (χ1) is 12.9. The Morgan fingerprint density at radius 1 is 1.22 bits per heavy atom. The molecular formula is C20H21ClN2O4. The van der Waals surface area contributed by atoms with Crippen LogP contribution >= 0.6 is 11.6 Å². The van der Waals surface area contributed by atoms with Gasteiger partial charge in [-0.25, -0.2) is 0 Å². The normalized spacial score (nSPS) is 16.4. The predicted molar refractivity (Wildman–Crippen MR) is 105 cm³/mol. The highest BCUT2D eigenvalue weighted by Gasteiger charge is 2.36. The Bertz CT molecular complexity index is 884. The zero-order valence-electron chi connectivity index (χ0n) is 15.4. The van der Waals surface area contributed by atoms with Crippen LogP contribution in [0.3, 0.4) is 0 Å². The molecule has 2 aromatic rings. The fraction of sp³-hybridized carbons (Fsp3) is 0.300. The number of amides is 2. The number of nitrogens with zero attached hydrogens (tertiary/aromatic N) is 1. The first-order valence-corrected chi connectivity index (χ1v) is 8.90. The number of carbonyl (C=O) groups excluding carboxylic acids is 2. The van der Waals surface area contributed by atoms with Gasteiger partial charge in [-0.05, 0) is 36.8 Å². The van der Waals surface area contributed by atoms with E-state index in [0.29, 0.717) is 28.8 Å². The van der Waals surface area contributed by atoms with E-state index in [-0.39, 0.29) is 18.2 Å². The summed E-state index contributed by atoms with van der Waals surface area (Å²) < 4.78 is 10.5. The molecule has 0 radical (unpaired) electrons. The number of halogens is 1.